The number of benzene rings is 1. The second-order valence-electron chi connectivity index (χ2n) is 5.54. The molecule has 0 aliphatic carbocycles. The van der Waals surface area contributed by atoms with Gasteiger partial charge in [0.2, 0.25) is 0 Å². The summed E-state index contributed by atoms with van der Waals surface area (Å²) in [5.74, 6) is 0.545. The van der Waals surface area contributed by atoms with E-state index in [0.717, 1.165) is 41.5 Å². The maximum absolute atomic E-state index is 10.9. The van der Waals surface area contributed by atoms with Gasteiger partial charge in [0.15, 0.2) is 5.16 Å². The highest BCUT2D eigenvalue weighted by Crippen LogP contribution is 2.27. The molecule has 0 atom stereocenters. The van der Waals surface area contributed by atoms with Crippen molar-refractivity contribution in [3.05, 3.63) is 51.3 Å². The number of methoxy groups -OCH3 is 1. The van der Waals surface area contributed by atoms with Gasteiger partial charge in [-0.1, -0.05) is 11.8 Å². The minimum Gasteiger partial charge on any atom is -0.496 e. The highest BCUT2D eigenvalue weighted by atomic mass is 32.2. The lowest BCUT2D eigenvalue weighted by Gasteiger charge is -2.28. The first-order valence-corrected chi connectivity index (χ1v) is 8.75. The lowest BCUT2D eigenvalue weighted by Crippen LogP contribution is -2.31. The average molecular weight is 346 g/mol. The van der Waals surface area contributed by atoms with Crippen molar-refractivity contribution in [2.45, 2.75) is 24.7 Å². The van der Waals surface area contributed by atoms with E-state index in [9.17, 15) is 10.1 Å². The Kier molecular flexibility index (Phi) is 4.96. The van der Waals surface area contributed by atoms with E-state index in [4.69, 9.17) is 4.74 Å². The summed E-state index contributed by atoms with van der Waals surface area (Å²) in [6.07, 6.45) is 4.74. The van der Waals surface area contributed by atoms with Gasteiger partial charge in [-0.25, -0.2) is 9.97 Å². The van der Waals surface area contributed by atoms with Crippen molar-refractivity contribution in [2.75, 3.05) is 19.9 Å². The highest BCUT2D eigenvalue weighted by Gasteiger charge is 2.20. The molecule has 1 aromatic heterocycles. The molecule has 0 fully saturated rings. The molecule has 0 amide bonds. The third-order valence-electron chi connectivity index (χ3n) is 4.05. The SMILES string of the molecule is COc1cc([N+](=O)[O-])ccc1CN1CCc2nc(SC)ncc2C1. The molecule has 0 bridgehead atoms. The molecule has 126 valence electrons. The molecule has 1 aromatic carbocycles. The van der Waals surface area contributed by atoms with Crippen molar-refractivity contribution >= 4 is 17.4 Å². The Morgan fingerprint density at radius 2 is 2.29 bits per heavy atom. The van der Waals surface area contributed by atoms with Gasteiger partial charge in [-0.3, -0.25) is 15.0 Å². The molecule has 24 heavy (non-hydrogen) atoms. The van der Waals surface area contributed by atoms with E-state index in [-0.39, 0.29) is 5.69 Å². The summed E-state index contributed by atoms with van der Waals surface area (Å²) in [5, 5.41) is 11.7. The zero-order valence-electron chi connectivity index (χ0n) is 13.6. The summed E-state index contributed by atoms with van der Waals surface area (Å²) in [6, 6.07) is 4.75. The van der Waals surface area contributed by atoms with Gasteiger partial charge >= 0.3 is 0 Å². The molecule has 0 N–H and O–H groups in total. The van der Waals surface area contributed by atoms with Gasteiger partial charge in [-0.15, -0.1) is 0 Å². The maximum atomic E-state index is 10.9. The zero-order valence-corrected chi connectivity index (χ0v) is 14.4. The fraction of sp³-hybridized carbons (Fsp3) is 0.375. The predicted octanol–water partition coefficient (Wildman–Crippen LogP) is 2.67. The standard InChI is InChI=1S/C16H18N4O3S/c1-23-15-7-13(20(21)22)4-3-11(15)9-19-6-5-14-12(10-19)8-17-16(18-14)24-2/h3-4,7-8H,5-6,9-10H2,1-2H3. The topological polar surface area (TPSA) is 81.4 Å². The summed E-state index contributed by atoms with van der Waals surface area (Å²) in [6.45, 7) is 2.33. The maximum Gasteiger partial charge on any atom is 0.273 e. The van der Waals surface area contributed by atoms with Crippen LogP contribution in [-0.2, 0) is 19.5 Å². The van der Waals surface area contributed by atoms with Crippen molar-refractivity contribution in [3.8, 4) is 5.75 Å². The number of aromatic nitrogens is 2. The minimum atomic E-state index is -0.413. The molecule has 2 aromatic rings. The molecular formula is C16H18N4O3S. The van der Waals surface area contributed by atoms with Crippen LogP contribution in [0.5, 0.6) is 5.75 Å². The molecule has 0 radical (unpaired) electrons. The molecular weight excluding hydrogens is 328 g/mol. The molecule has 1 aliphatic heterocycles. The van der Waals surface area contributed by atoms with Gasteiger partial charge in [0, 0.05) is 49.4 Å². The van der Waals surface area contributed by atoms with Crippen LogP contribution in [0.3, 0.4) is 0 Å². The first-order valence-electron chi connectivity index (χ1n) is 7.53. The summed E-state index contributed by atoms with van der Waals surface area (Å²) in [7, 11) is 1.53. The third-order valence-corrected chi connectivity index (χ3v) is 4.61. The second kappa shape index (κ2) is 7.14. The number of fused-ring (bicyclic) bond motifs is 1. The van der Waals surface area contributed by atoms with E-state index in [1.165, 1.54) is 19.2 Å². The molecule has 2 heterocycles. The second-order valence-corrected chi connectivity index (χ2v) is 6.32. The van der Waals surface area contributed by atoms with E-state index in [1.807, 2.05) is 12.5 Å². The summed E-state index contributed by atoms with van der Waals surface area (Å²) in [4.78, 5) is 21.6. The van der Waals surface area contributed by atoms with E-state index >= 15 is 0 Å². The molecule has 0 spiro atoms. The molecule has 3 rings (SSSR count). The van der Waals surface area contributed by atoms with Crippen LogP contribution in [0.4, 0.5) is 5.69 Å². The number of hydrogen-bond acceptors (Lipinski definition) is 7. The fourth-order valence-corrected chi connectivity index (χ4v) is 3.17. The number of nitro benzene ring substituents is 1. The smallest absolute Gasteiger partial charge is 0.273 e. The van der Waals surface area contributed by atoms with Crippen LogP contribution in [-0.4, -0.2) is 39.7 Å². The van der Waals surface area contributed by atoms with Crippen LogP contribution in [0.25, 0.3) is 0 Å². The van der Waals surface area contributed by atoms with Gasteiger partial charge in [0.05, 0.1) is 23.8 Å². The average Bonchev–Trinajstić information content (AvgIpc) is 2.61. The normalized spacial score (nSPS) is 14.2. The van der Waals surface area contributed by atoms with Crippen LogP contribution in [0.2, 0.25) is 0 Å². The Labute approximate surface area is 144 Å². The number of nitro groups is 1. The van der Waals surface area contributed by atoms with Crippen molar-refractivity contribution < 1.29 is 9.66 Å². The Morgan fingerprint density at radius 3 is 3.00 bits per heavy atom. The van der Waals surface area contributed by atoms with Crippen LogP contribution >= 0.6 is 11.8 Å². The predicted molar refractivity (Wildman–Crippen MR) is 91.3 cm³/mol. The lowest BCUT2D eigenvalue weighted by atomic mass is 10.1. The van der Waals surface area contributed by atoms with Crippen LogP contribution < -0.4 is 4.74 Å². The first kappa shape index (κ1) is 16.7. The van der Waals surface area contributed by atoms with Crippen LogP contribution in [0, 0.1) is 10.1 Å². The zero-order chi connectivity index (χ0) is 17.1. The molecule has 0 saturated carbocycles. The Balaban J connectivity index is 1.76. The van der Waals surface area contributed by atoms with Gasteiger partial charge in [-0.05, 0) is 12.3 Å². The summed E-state index contributed by atoms with van der Waals surface area (Å²) < 4.78 is 5.32. The largest absolute Gasteiger partial charge is 0.496 e. The van der Waals surface area contributed by atoms with Crippen LogP contribution in [0.1, 0.15) is 16.8 Å². The van der Waals surface area contributed by atoms with E-state index in [2.05, 4.69) is 14.9 Å². The van der Waals surface area contributed by atoms with E-state index < -0.39 is 4.92 Å². The Morgan fingerprint density at radius 1 is 1.46 bits per heavy atom. The van der Waals surface area contributed by atoms with Crippen molar-refractivity contribution in [1.29, 1.82) is 0 Å². The lowest BCUT2D eigenvalue weighted by molar-refractivity contribution is -0.384. The minimum absolute atomic E-state index is 0.0394. The number of hydrogen-bond donors (Lipinski definition) is 0. The quantitative estimate of drug-likeness (QED) is 0.356. The van der Waals surface area contributed by atoms with Gasteiger partial charge in [-0.2, -0.15) is 0 Å². The van der Waals surface area contributed by atoms with Crippen LogP contribution in [0.15, 0.2) is 29.6 Å². The molecule has 0 unspecified atom stereocenters. The van der Waals surface area contributed by atoms with Gasteiger partial charge < -0.3 is 4.74 Å². The van der Waals surface area contributed by atoms with Gasteiger partial charge in [0.25, 0.3) is 5.69 Å². The fourth-order valence-electron chi connectivity index (χ4n) is 2.81. The van der Waals surface area contributed by atoms with E-state index in [0.29, 0.717) is 12.3 Å². The molecule has 0 saturated heterocycles. The highest BCUT2D eigenvalue weighted by molar-refractivity contribution is 7.98. The first-order chi connectivity index (χ1) is 11.6. The Bertz CT molecular complexity index is 769. The monoisotopic (exact) mass is 346 g/mol. The summed E-state index contributed by atoms with van der Waals surface area (Å²) in [5.41, 5.74) is 3.23. The number of ether oxygens (including phenoxy) is 1. The molecule has 8 heteroatoms. The third kappa shape index (κ3) is 3.49. The number of rotatable bonds is 5. The van der Waals surface area contributed by atoms with E-state index in [1.54, 1.807) is 17.8 Å². The number of nitrogens with zero attached hydrogens (tertiary/aromatic N) is 4. The summed E-state index contributed by atoms with van der Waals surface area (Å²) >= 11 is 1.55. The Hall–Kier alpha value is -2.19. The van der Waals surface area contributed by atoms with Gasteiger partial charge in [0.1, 0.15) is 5.75 Å². The van der Waals surface area contributed by atoms with Crippen molar-refractivity contribution in [1.82, 2.24) is 14.9 Å². The number of non-ortho nitro benzene ring substituents is 1. The number of thioether (sulfide) groups is 1. The molecule has 1 aliphatic rings. The van der Waals surface area contributed by atoms with Crippen molar-refractivity contribution in [2.24, 2.45) is 0 Å². The molecule has 7 nitrogen and oxygen atoms in total. The van der Waals surface area contributed by atoms with Crippen molar-refractivity contribution in [3.63, 3.8) is 0 Å².